The first-order valence-corrected chi connectivity index (χ1v) is 7.83. The fraction of sp³-hybridized carbons (Fsp3) is 0.526. The third-order valence-electron chi connectivity index (χ3n) is 3.08. The molecule has 0 saturated carbocycles. The van der Waals surface area contributed by atoms with Crippen LogP contribution in [0.5, 0.6) is 5.75 Å². The van der Waals surface area contributed by atoms with Crippen LogP contribution in [0.3, 0.4) is 0 Å². The molecule has 0 spiro atoms. The van der Waals surface area contributed by atoms with Gasteiger partial charge in [-0.2, -0.15) is 0 Å². The van der Waals surface area contributed by atoms with Crippen molar-refractivity contribution >= 4 is 12.0 Å². The summed E-state index contributed by atoms with van der Waals surface area (Å²) < 4.78 is 10.2. The van der Waals surface area contributed by atoms with Crippen LogP contribution in [0.1, 0.15) is 46.6 Å². The van der Waals surface area contributed by atoms with Crippen LogP contribution in [0.2, 0.25) is 0 Å². The van der Waals surface area contributed by atoms with Gasteiger partial charge >= 0.3 is 0 Å². The van der Waals surface area contributed by atoms with Crippen LogP contribution in [0, 0.1) is 5.41 Å². The minimum atomic E-state index is -0.239. The molecule has 0 saturated heterocycles. The van der Waals surface area contributed by atoms with Gasteiger partial charge in [0.05, 0.1) is 0 Å². The molecular weight excluding hydrogens is 290 g/mol. The highest BCUT2D eigenvalue weighted by atomic mass is 16.7. The standard InChI is InChI=1S/C19H29NO3/c1-18(2,3)13-19(4,5)20-17(21)12-9-15-7-10-16(11-8-15)23-14-22-6/h7-12H,13-14H2,1-6H3,(H,20,21)/b12-9+. The number of hydrogen-bond donors (Lipinski definition) is 1. The van der Waals surface area contributed by atoms with Crippen molar-refractivity contribution in [3.63, 3.8) is 0 Å². The van der Waals surface area contributed by atoms with E-state index in [1.165, 1.54) is 0 Å². The highest BCUT2D eigenvalue weighted by Crippen LogP contribution is 2.26. The first-order valence-electron chi connectivity index (χ1n) is 7.83. The second-order valence-electron chi connectivity index (χ2n) is 7.56. The summed E-state index contributed by atoms with van der Waals surface area (Å²) in [4.78, 5) is 12.1. The van der Waals surface area contributed by atoms with E-state index in [4.69, 9.17) is 9.47 Å². The molecule has 0 bridgehead atoms. The maximum atomic E-state index is 12.1. The molecule has 128 valence electrons. The van der Waals surface area contributed by atoms with E-state index in [2.05, 4.69) is 26.1 Å². The summed E-state index contributed by atoms with van der Waals surface area (Å²) in [6, 6.07) is 7.49. The van der Waals surface area contributed by atoms with Gasteiger partial charge < -0.3 is 14.8 Å². The van der Waals surface area contributed by atoms with Gasteiger partial charge in [0.25, 0.3) is 0 Å². The molecule has 0 heterocycles. The molecule has 0 aromatic heterocycles. The highest BCUT2D eigenvalue weighted by molar-refractivity contribution is 5.92. The first kappa shape index (κ1) is 19.2. The van der Waals surface area contributed by atoms with Crippen molar-refractivity contribution < 1.29 is 14.3 Å². The number of carbonyl (C=O) groups excluding carboxylic acids is 1. The predicted molar refractivity (Wildman–Crippen MR) is 94.3 cm³/mol. The second-order valence-corrected chi connectivity index (χ2v) is 7.56. The molecule has 4 nitrogen and oxygen atoms in total. The molecular formula is C19H29NO3. The number of benzene rings is 1. The summed E-state index contributed by atoms with van der Waals surface area (Å²) in [5.41, 5.74) is 0.870. The lowest BCUT2D eigenvalue weighted by atomic mass is 9.82. The molecule has 1 aromatic rings. The number of carbonyl (C=O) groups is 1. The topological polar surface area (TPSA) is 47.6 Å². The second kappa shape index (κ2) is 8.16. The summed E-state index contributed by atoms with van der Waals surface area (Å²) >= 11 is 0. The first-order chi connectivity index (χ1) is 10.6. The van der Waals surface area contributed by atoms with Gasteiger partial charge in [0.2, 0.25) is 5.91 Å². The third kappa shape index (κ3) is 8.41. The summed E-state index contributed by atoms with van der Waals surface area (Å²) in [5, 5.41) is 3.06. The van der Waals surface area contributed by atoms with Crippen molar-refractivity contribution in [2.75, 3.05) is 13.9 Å². The molecule has 1 amide bonds. The Morgan fingerprint density at radius 3 is 2.26 bits per heavy atom. The molecule has 1 rings (SSSR count). The van der Waals surface area contributed by atoms with Gasteiger partial charge in [0.15, 0.2) is 6.79 Å². The van der Waals surface area contributed by atoms with E-state index in [0.29, 0.717) is 0 Å². The van der Waals surface area contributed by atoms with Crippen LogP contribution >= 0.6 is 0 Å². The largest absolute Gasteiger partial charge is 0.468 e. The summed E-state index contributed by atoms with van der Waals surface area (Å²) in [6.07, 6.45) is 4.27. The SMILES string of the molecule is COCOc1ccc(/C=C/C(=O)NC(C)(C)CC(C)(C)C)cc1. The number of rotatable bonds is 7. The van der Waals surface area contributed by atoms with Crippen molar-refractivity contribution in [3.8, 4) is 5.75 Å². The number of amides is 1. The van der Waals surface area contributed by atoms with Gasteiger partial charge in [-0.1, -0.05) is 32.9 Å². The van der Waals surface area contributed by atoms with Crippen molar-refractivity contribution in [3.05, 3.63) is 35.9 Å². The number of ether oxygens (including phenoxy) is 2. The van der Waals surface area contributed by atoms with E-state index >= 15 is 0 Å². The Kier molecular flexibility index (Phi) is 6.82. The molecule has 4 heteroatoms. The highest BCUT2D eigenvalue weighted by Gasteiger charge is 2.26. The average Bonchev–Trinajstić information content (AvgIpc) is 2.40. The average molecular weight is 319 g/mol. The van der Waals surface area contributed by atoms with Gasteiger partial charge in [0, 0.05) is 18.7 Å². The molecule has 0 fully saturated rings. The Labute approximate surface area is 139 Å². The fourth-order valence-corrected chi connectivity index (χ4v) is 2.72. The van der Waals surface area contributed by atoms with E-state index in [1.807, 2.05) is 38.1 Å². The molecule has 0 unspecified atom stereocenters. The van der Waals surface area contributed by atoms with Crippen LogP contribution in [-0.4, -0.2) is 25.3 Å². The zero-order chi connectivity index (χ0) is 17.5. The Hall–Kier alpha value is -1.81. The lowest BCUT2D eigenvalue weighted by molar-refractivity contribution is -0.118. The van der Waals surface area contributed by atoms with Crippen LogP contribution in [-0.2, 0) is 9.53 Å². The van der Waals surface area contributed by atoms with Crippen molar-refractivity contribution in [1.29, 1.82) is 0 Å². The Bertz CT molecular complexity index is 525. The number of methoxy groups -OCH3 is 1. The Balaban J connectivity index is 2.58. The molecule has 1 aromatic carbocycles. The minimum Gasteiger partial charge on any atom is -0.468 e. The van der Waals surface area contributed by atoms with Gasteiger partial charge in [-0.05, 0) is 49.5 Å². The van der Waals surface area contributed by atoms with Crippen molar-refractivity contribution in [2.24, 2.45) is 5.41 Å². The van der Waals surface area contributed by atoms with Crippen LogP contribution < -0.4 is 10.1 Å². The molecule has 0 atom stereocenters. The van der Waals surface area contributed by atoms with Gasteiger partial charge in [-0.15, -0.1) is 0 Å². The molecule has 23 heavy (non-hydrogen) atoms. The fourth-order valence-electron chi connectivity index (χ4n) is 2.72. The maximum Gasteiger partial charge on any atom is 0.244 e. The molecule has 0 aliphatic carbocycles. The van der Waals surface area contributed by atoms with Crippen LogP contribution in [0.15, 0.2) is 30.3 Å². The number of nitrogens with one attached hydrogen (secondary N) is 1. The maximum absolute atomic E-state index is 12.1. The van der Waals surface area contributed by atoms with E-state index in [1.54, 1.807) is 19.3 Å². The summed E-state index contributed by atoms with van der Waals surface area (Å²) in [6.45, 7) is 10.8. The molecule has 1 N–H and O–H groups in total. The Morgan fingerprint density at radius 1 is 1.13 bits per heavy atom. The lowest BCUT2D eigenvalue weighted by Gasteiger charge is -2.32. The zero-order valence-electron chi connectivity index (χ0n) is 15.1. The predicted octanol–water partition coefficient (Wildman–Crippen LogP) is 4.01. The van der Waals surface area contributed by atoms with Crippen molar-refractivity contribution in [1.82, 2.24) is 5.32 Å². The van der Waals surface area contributed by atoms with E-state index in [0.717, 1.165) is 17.7 Å². The molecule has 0 radical (unpaired) electrons. The smallest absolute Gasteiger partial charge is 0.244 e. The number of hydrogen-bond acceptors (Lipinski definition) is 3. The van der Waals surface area contributed by atoms with E-state index in [9.17, 15) is 4.79 Å². The monoisotopic (exact) mass is 319 g/mol. The lowest BCUT2D eigenvalue weighted by Crippen LogP contribution is -2.45. The normalized spacial score (nSPS) is 12.4. The minimum absolute atomic E-state index is 0.0843. The zero-order valence-corrected chi connectivity index (χ0v) is 15.1. The van der Waals surface area contributed by atoms with E-state index in [-0.39, 0.29) is 23.7 Å². The summed E-state index contributed by atoms with van der Waals surface area (Å²) in [5.74, 6) is 0.652. The van der Waals surface area contributed by atoms with Gasteiger partial charge in [-0.3, -0.25) is 4.79 Å². The quantitative estimate of drug-likeness (QED) is 0.610. The Morgan fingerprint density at radius 2 is 1.74 bits per heavy atom. The van der Waals surface area contributed by atoms with Crippen LogP contribution in [0.25, 0.3) is 6.08 Å². The molecule has 0 aliphatic heterocycles. The molecule has 0 aliphatic rings. The van der Waals surface area contributed by atoms with E-state index < -0.39 is 0 Å². The van der Waals surface area contributed by atoms with Crippen LogP contribution in [0.4, 0.5) is 0 Å². The third-order valence-corrected chi connectivity index (χ3v) is 3.08. The van der Waals surface area contributed by atoms with Gasteiger partial charge in [-0.25, -0.2) is 0 Å². The van der Waals surface area contributed by atoms with Gasteiger partial charge in [0.1, 0.15) is 5.75 Å². The van der Waals surface area contributed by atoms with Crippen molar-refractivity contribution in [2.45, 2.75) is 46.6 Å². The summed E-state index contributed by atoms with van der Waals surface area (Å²) in [7, 11) is 1.58.